The summed E-state index contributed by atoms with van der Waals surface area (Å²) in [6, 6.07) is 7.22. The van der Waals surface area contributed by atoms with Crippen molar-refractivity contribution < 1.29 is 0 Å². The van der Waals surface area contributed by atoms with Gasteiger partial charge in [-0.1, -0.05) is 30.7 Å². The predicted octanol–water partition coefficient (Wildman–Crippen LogP) is 4.98. The van der Waals surface area contributed by atoms with Gasteiger partial charge in [-0.15, -0.1) is 0 Å². The third kappa shape index (κ3) is 2.24. The topological polar surface area (TPSA) is 12.0 Å². The van der Waals surface area contributed by atoms with Gasteiger partial charge in [0.2, 0.25) is 0 Å². The summed E-state index contributed by atoms with van der Waals surface area (Å²) in [6.45, 7) is 5.46. The zero-order chi connectivity index (χ0) is 14.6. The van der Waals surface area contributed by atoms with E-state index in [4.69, 9.17) is 11.6 Å². The van der Waals surface area contributed by atoms with Crippen LogP contribution in [0.15, 0.2) is 18.2 Å². The number of halogens is 1. The molecule has 4 rings (SSSR count). The van der Waals surface area contributed by atoms with Gasteiger partial charge in [-0.3, -0.25) is 0 Å². The molecule has 1 N–H and O–H groups in total. The van der Waals surface area contributed by atoms with Gasteiger partial charge in [-0.25, -0.2) is 0 Å². The SMILES string of the molecule is CCCNC(c1ccc(C)c(Cl)c1)C1C2C3CCC(C3)C21. The molecule has 2 heteroatoms. The Kier molecular flexibility index (Phi) is 3.54. The fraction of sp³-hybridized carbons (Fsp3) is 0.684. The van der Waals surface area contributed by atoms with Crippen LogP contribution in [0.4, 0.5) is 0 Å². The molecule has 1 aromatic rings. The van der Waals surface area contributed by atoms with E-state index in [1.807, 2.05) is 0 Å². The number of nitrogens with one attached hydrogen (secondary N) is 1. The van der Waals surface area contributed by atoms with Crippen molar-refractivity contribution in [3.63, 3.8) is 0 Å². The van der Waals surface area contributed by atoms with Crippen LogP contribution in [-0.2, 0) is 0 Å². The minimum atomic E-state index is 0.529. The highest BCUT2D eigenvalue weighted by atomic mass is 35.5. The lowest BCUT2D eigenvalue weighted by Crippen LogP contribution is -2.26. The van der Waals surface area contributed by atoms with Crippen LogP contribution >= 0.6 is 11.6 Å². The maximum Gasteiger partial charge on any atom is 0.0438 e. The van der Waals surface area contributed by atoms with E-state index >= 15 is 0 Å². The molecule has 21 heavy (non-hydrogen) atoms. The molecule has 0 amide bonds. The van der Waals surface area contributed by atoms with Crippen LogP contribution in [0.5, 0.6) is 0 Å². The van der Waals surface area contributed by atoms with Crippen molar-refractivity contribution in [2.45, 2.75) is 45.6 Å². The average Bonchev–Trinajstić information content (AvgIpc) is 2.90. The third-order valence-corrected chi connectivity index (χ3v) is 6.76. The van der Waals surface area contributed by atoms with Gasteiger partial charge in [0, 0.05) is 11.1 Å². The lowest BCUT2D eigenvalue weighted by atomic mass is 9.92. The highest BCUT2D eigenvalue weighted by molar-refractivity contribution is 6.31. The minimum Gasteiger partial charge on any atom is -0.310 e. The summed E-state index contributed by atoms with van der Waals surface area (Å²) in [5, 5.41) is 4.75. The average molecular weight is 304 g/mol. The van der Waals surface area contributed by atoms with Crippen molar-refractivity contribution in [3.8, 4) is 0 Å². The molecule has 3 aliphatic carbocycles. The Bertz CT molecular complexity index is 524. The molecule has 0 aromatic heterocycles. The van der Waals surface area contributed by atoms with E-state index < -0.39 is 0 Å². The first-order chi connectivity index (χ1) is 10.2. The Morgan fingerprint density at radius 1 is 1.24 bits per heavy atom. The lowest BCUT2D eigenvalue weighted by molar-refractivity contribution is 0.370. The van der Waals surface area contributed by atoms with Crippen LogP contribution < -0.4 is 5.32 Å². The Morgan fingerprint density at radius 2 is 1.95 bits per heavy atom. The van der Waals surface area contributed by atoms with Crippen molar-refractivity contribution in [2.24, 2.45) is 29.6 Å². The summed E-state index contributed by atoms with van der Waals surface area (Å²) in [6.07, 6.45) is 5.72. The monoisotopic (exact) mass is 303 g/mol. The van der Waals surface area contributed by atoms with Crippen LogP contribution in [0.1, 0.15) is 49.8 Å². The van der Waals surface area contributed by atoms with Gasteiger partial charge in [0.05, 0.1) is 0 Å². The maximum absolute atomic E-state index is 6.38. The molecule has 0 heterocycles. The maximum atomic E-state index is 6.38. The predicted molar refractivity (Wildman–Crippen MR) is 88.5 cm³/mol. The standard InChI is InChI=1S/C19H26ClN/c1-3-8-21-19(14-5-4-11(2)15(20)10-14)18-16-12-6-7-13(9-12)17(16)18/h4-5,10,12-13,16-19,21H,3,6-9H2,1-2H3. The minimum absolute atomic E-state index is 0.529. The molecule has 5 atom stereocenters. The molecule has 0 spiro atoms. The summed E-state index contributed by atoms with van der Waals surface area (Å²) >= 11 is 6.38. The number of aryl methyl sites for hydroxylation is 1. The summed E-state index contributed by atoms with van der Waals surface area (Å²) in [5.41, 5.74) is 2.60. The van der Waals surface area contributed by atoms with Crippen molar-refractivity contribution in [1.29, 1.82) is 0 Å². The largest absolute Gasteiger partial charge is 0.310 e. The summed E-state index contributed by atoms with van der Waals surface area (Å²) < 4.78 is 0. The van der Waals surface area contributed by atoms with Crippen LogP contribution in [-0.4, -0.2) is 6.54 Å². The van der Waals surface area contributed by atoms with E-state index in [2.05, 4.69) is 37.4 Å². The fourth-order valence-electron chi connectivity index (χ4n) is 5.42. The van der Waals surface area contributed by atoms with E-state index in [9.17, 15) is 0 Å². The van der Waals surface area contributed by atoms with E-state index in [0.717, 1.165) is 41.2 Å². The molecule has 0 radical (unpaired) electrons. The fourth-order valence-corrected chi connectivity index (χ4v) is 5.61. The first-order valence-corrected chi connectivity index (χ1v) is 9.08. The van der Waals surface area contributed by atoms with Crippen LogP contribution in [0, 0.1) is 36.5 Å². The molecule has 1 aromatic carbocycles. The van der Waals surface area contributed by atoms with Gasteiger partial charge in [0.25, 0.3) is 0 Å². The smallest absolute Gasteiger partial charge is 0.0438 e. The van der Waals surface area contributed by atoms with Gasteiger partial charge >= 0.3 is 0 Å². The number of hydrogen-bond donors (Lipinski definition) is 1. The number of benzene rings is 1. The quantitative estimate of drug-likeness (QED) is 0.809. The van der Waals surface area contributed by atoms with E-state index in [0.29, 0.717) is 6.04 Å². The first-order valence-electron chi connectivity index (χ1n) is 8.70. The Hall–Kier alpha value is -0.530. The van der Waals surface area contributed by atoms with Gasteiger partial charge < -0.3 is 5.32 Å². The molecule has 2 bridgehead atoms. The number of fused-ring (bicyclic) bond motifs is 5. The zero-order valence-corrected chi connectivity index (χ0v) is 13.9. The van der Waals surface area contributed by atoms with Gasteiger partial charge in [0.1, 0.15) is 0 Å². The zero-order valence-electron chi connectivity index (χ0n) is 13.1. The number of rotatable bonds is 5. The highest BCUT2D eigenvalue weighted by Gasteiger charge is 2.66. The molecule has 3 saturated carbocycles. The Labute approximate surface area is 133 Å². The van der Waals surface area contributed by atoms with E-state index in [1.54, 1.807) is 0 Å². The molecule has 1 nitrogen and oxygen atoms in total. The Morgan fingerprint density at radius 3 is 2.57 bits per heavy atom. The van der Waals surface area contributed by atoms with E-state index in [-0.39, 0.29) is 0 Å². The van der Waals surface area contributed by atoms with Crippen molar-refractivity contribution >= 4 is 11.6 Å². The van der Waals surface area contributed by atoms with Gasteiger partial charge in [-0.05, 0) is 85.9 Å². The summed E-state index contributed by atoms with van der Waals surface area (Å²) in [7, 11) is 0. The lowest BCUT2D eigenvalue weighted by Gasteiger charge is -2.23. The second-order valence-electron chi connectivity index (χ2n) is 7.51. The Balaban J connectivity index is 1.59. The number of hydrogen-bond acceptors (Lipinski definition) is 1. The van der Waals surface area contributed by atoms with E-state index in [1.165, 1.54) is 36.8 Å². The molecule has 0 saturated heterocycles. The molecular weight excluding hydrogens is 278 g/mol. The van der Waals surface area contributed by atoms with Crippen molar-refractivity contribution in [3.05, 3.63) is 34.3 Å². The summed E-state index contributed by atoms with van der Waals surface area (Å²) in [4.78, 5) is 0. The molecular formula is C19H26ClN. The normalized spacial score (nSPS) is 37.6. The second kappa shape index (κ2) is 5.28. The second-order valence-corrected chi connectivity index (χ2v) is 7.91. The van der Waals surface area contributed by atoms with Gasteiger partial charge in [0.15, 0.2) is 0 Å². The van der Waals surface area contributed by atoms with Crippen molar-refractivity contribution in [1.82, 2.24) is 5.32 Å². The molecule has 3 fully saturated rings. The first kappa shape index (κ1) is 14.1. The molecule has 3 aliphatic rings. The molecule has 5 unspecified atom stereocenters. The van der Waals surface area contributed by atoms with Crippen LogP contribution in [0.3, 0.4) is 0 Å². The molecule has 0 aliphatic heterocycles. The summed E-state index contributed by atoms with van der Waals surface area (Å²) in [5.74, 6) is 4.98. The molecule has 114 valence electrons. The van der Waals surface area contributed by atoms with Crippen LogP contribution in [0.2, 0.25) is 5.02 Å². The highest BCUT2D eigenvalue weighted by Crippen LogP contribution is 2.72. The third-order valence-electron chi connectivity index (χ3n) is 6.35. The van der Waals surface area contributed by atoms with Crippen LogP contribution in [0.25, 0.3) is 0 Å². The van der Waals surface area contributed by atoms with Crippen molar-refractivity contribution in [2.75, 3.05) is 6.54 Å². The van der Waals surface area contributed by atoms with Gasteiger partial charge in [-0.2, -0.15) is 0 Å².